The predicted molar refractivity (Wildman–Crippen MR) is 122 cm³/mol. The first-order valence-corrected chi connectivity index (χ1v) is 12.7. The minimum atomic E-state index is -4.72. The number of carbonyl (C=O) groups is 2. The molecule has 2 N–H and O–H groups in total. The number of methoxy groups -OCH3 is 2. The Labute approximate surface area is 202 Å². The molecule has 2 aromatic carbocycles. The van der Waals surface area contributed by atoms with Crippen molar-refractivity contribution in [3.05, 3.63) is 47.5 Å². The maximum Gasteiger partial charge on any atom is 0.446 e. The quantitative estimate of drug-likeness (QED) is 0.268. The topological polar surface area (TPSA) is 180 Å². The van der Waals surface area contributed by atoms with Crippen molar-refractivity contribution in [2.45, 2.75) is 32.1 Å². The molecule has 35 heavy (non-hydrogen) atoms. The van der Waals surface area contributed by atoms with Gasteiger partial charge in [0.25, 0.3) is 0 Å². The van der Waals surface area contributed by atoms with E-state index in [1.54, 1.807) is 0 Å². The van der Waals surface area contributed by atoms with Crippen LogP contribution in [0.2, 0.25) is 0 Å². The molecule has 0 heterocycles. The molecule has 12 nitrogen and oxygen atoms in total. The third-order valence-corrected chi connectivity index (χ3v) is 5.41. The number of hydrogen-bond acceptors (Lipinski definition) is 10. The number of hydrogen-bond donors (Lipinski definition) is 2. The van der Waals surface area contributed by atoms with Gasteiger partial charge in [0.2, 0.25) is 0 Å². The second-order valence-electron chi connectivity index (χ2n) is 7.25. The first kappa shape index (κ1) is 28.0. The molecule has 0 amide bonds. The number of rotatable bonds is 14. The molecule has 2 aromatic rings. The lowest BCUT2D eigenvalue weighted by Crippen LogP contribution is -2.10. The Balaban J connectivity index is 1.88. The Morgan fingerprint density at radius 1 is 0.686 bits per heavy atom. The average Bonchev–Trinajstić information content (AvgIpc) is 2.75. The summed E-state index contributed by atoms with van der Waals surface area (Å²) in [5, 5.41) is 0. The van der Waals surface area contributed by atoms with E-state index < -0.39 is 20.8 Å². The van der Waals surface area contributed by atoms with Gasteiger partial charge in [-0.1, -0.05) is 12.1 Å². The molecule has 0 aliphatic heterocycles. The molecular formula is C21H24O12S2. The molecule has 0 radical (unpaired) electrons. The summed E-state index contributed by atoms with van der Waals surface area (Å²) in [6.07, 6.45) is 0.371. The van der Waals surface area contributed by atoms with Crippen LogP contribution in [0.1, 0.15) is 30.4 Å². The van der Waals surface area contributed by atoms with Gasteiger partial charge >= 0.3 is 20.8 Å². The number of carbonyl (C=O) groups excluding carboxylic acids is 2. The molecule has 0 aromatic heterocycles. The molecule has 0 saturated heterocycles. The summed E-state index contributed by atoms with van der Waals surface area (Å²) < 4.78 is 79.9. The second kappa shape index (κ2) is 12.0. The van der Waals surface area contributed by atoms with Gasteiger partial charge < -0.3 is 17.8 Å². The summed E-state index contributed by atoms with van der Waals surface area (Å²) in [7, 11) is -6.88. The fraction of sp³-hybridized carbons (Fsp3) is 0.333. The van der Waals surface area contributed by atoms with Gasteiger partial charge in [-0.25, -0.2) is 0 Å². The minimum absolute atomic E-state index is 0.0482. The Bertz CT molecular complexity index is 1180. The van der Waals surface area contributed by atoms with Crippen LogP contribution in [-0.4, -0.2) is 51.7 Å². The first-order chi connectivity index (χ1) is 16.3. The van der Waals surface area contributed by atoms with Crippen molar-refractivity contribution in [3.8, 4) is 23.0 Å². The van der Waals surface area contributed by atoms with Gasteiger partial charge in [-0.15, -0.1) is 0 Å². The van der Waals surface area contributed by atoms with Gasteiger partial charge in [-0.3, -0.25) is 18.7 Å². The van der Waals surface area contributed by atoms with E-state index in [9.17, 15) is 26.4 Å². The largest absolute Gasteiger partial charge is 0.493 e. The molecule has 0 bridgehead atoms. The van der Waals surface area contributed by atoms with Crippen molar-refractivity contribution in [1.29, 1.82) is 0 Å². The Kier molecular flexibility index (Phi) is 9.59. The van der Waals surface area contributed by atoms with Gasteiger partial charge in [-0.05, 0) is 48.2 Å². The second-order valence-corrected chi connectivity index (χ2v) is 9.29. The van der Waals surface area contributed by atoms with Crippen LogP contribution in [0.25, 0.3) is 0 Å². The molecule has 0 saturated carbocycles. The monoisotopic (exact) mass is 532 g/mol. The molecule has 0 aliphatic carbocycles. The van der Waals surface area contributed by atoms with Gasteiger partial charge in [0.15, 0.2) is 23.0 Å². The van der Waals surface area contributed by atoms with E-state index in [2.05, 4.69) is 8.37 Å². The van der Waals surface area contributed by atoms with Crippen LogP contribution >= 0.6 is 0 Å². The van der Waals surface area contributed by atoms with Crippen LogP contribution in [0.4, 0.5) is 0 Å². The highest BCUT2D eigenvalue weighted by atomic mass is 32.3. The van der Waals surface area contributed by atoms with Crippen molar-refractivity contribution >= 4 is 32.4 Å². The zero-order valence-corrected chi connectivity index (χ0v) is 20.4. The fourth-order valence-corrected chi connectivity index (χ4v) is 3.79. The van der Waals surface area contributed by atoms with Crippen LogP contribution in [0.5, 0.6) is 23.0 Å². The normalized spacial score (nSPS) is 11.5. The van der Waals surface area contributed by atoms with E-state index in [-0.39, 0.29) is 66.7 Å². The Morgan fingerprint density at radius 3 is 1.37 bits per heavy atom. The number of ketones is 2. The molecule has 2 rings (SSSR count). The Morgan fingerprint density at radius 2 is 1.06 bits per heavy atom. The standard InChI is InChI=1S/C21H24O12S2/c1-30-20-11-14(5-9-18(20)32-34(24,25)26)3-7-16(22)13-17(23)8-4-15-6-10-19(21(12-15)31-2)33-35(27,28)29/h5-6,9-12H,3-4,7-8,13H2,1-2H3,(H,24,25,26)(H,27,28,29). The van der Waals surface area contributed by atoms with Crippen LogP contribution in [0, 0.1) is 0 Å². The number of Topliss-reactive ketones (excluding diaryl/α,β-unsaturated/α-hetero) is 2. The minimum Gasteiger partial charge on any atom is -0.493 e. The summed E-state index contributed by atoms with van der Waals surface area (Å²) in [5.74, 6) is -0.911. The lowest BCUT2D eigenvalue weighted by atomic mass is 10.0. The predicted octanol–water partition coefficient (Wildman–Crippen LogP) is 2.16. The summed E-state index contributed by atoms with van der Waals surface area (Å²) >= 11 is 0. The number of aryl methyl sites for hydroxylation is 2. The van der Waals surface area contributed by atoms with Crippen molar-refractivity contribution in [3.63, 3.8) is 0 Å². The van der Waals surface area contributed by atoms with Crippen molar-refractivity contribution in [1.82, 2.24) is 0 Å². The molecule has 0 aliphatic rings. The van der Waals surface area contributed by atoms with E-state index in [0.717, 1.165) is 0 Å². The zero-order valence-electron chi connectivity index (χ0n) is 18.8. The molecule has 0 unspecified atom stereocenters. The SMILES string of the molecule is COc1cc(CCC(=O)CC(=O)CCc2ccc(OS(=O)(=O)O)c(OC)c2)ccc1OS(=O)(=O)O. The van der Waals surface area contributed by atoms with Crippen molar-refractivity contribution in [2.75, 3.05) is 14.2 Å². The molecule has 192 valence electrons. The lowest BCUT2D eigenvalue weighted by molar-refractivity contribution is -0.126. The van der Waals surface area contributed by atoms with E-state index in [1.807, 2.05) is 0 Å². The maximum atomic E-state index is 12.2. The van der Waals surface area contributed by atoms with Crippen LogP contribution in [-0.2, 0) is 43.2 Å². The molecule has 0 spiro atoms. The summed E-state index contributed by atoms with van der Waals surface area (Å²) in [5.41, 5.74) is 1.26. The van der Waals surface area contributed by atoms with Gasteiger partial charge in [-0.2, -0.15) is 16.8 Å². The van der Waals surface area contributed by atoms with Gasteiger partial charge in [0, 0.05) is 12.8 Å². The molecule has 0 atom stereocenters. The first-order valence-electron chi connectivity index (χ1n) is 10.0. The highest BCUT2D eigenvalue weighted by Gasteiger charge is 2.16. The fourth-order valence-electron chi connectivity index (χ4n) is 3.06. The average molecular weight is 533 g/mol. The number of benzene rings is 2. The lowest BCUT2D eigenvalue weighted by Gasteiger charge is -2.10. The highest BCUT2D eigenvalue weighted by Crippen LogP contribution is 2.30. The van der Waals surface area contributed by atoms with E-state index in [1.165, 1.54) is 50.6 Å². The smallest absolute Gasteiger partial charge is 0.446 e. The maximum absolute atomic E-state index is 12.2. The third-order valence-electron chi connectivity index (χ3n) is 4.63. The van der Waals surface area contributed by atoms with Gasteiger partial charge in [0.05, 0.1) is 20.6 Å². The van der Waals surface area contributed by atoms with Crippen molar-refractivity contribution < 1.29 is 53.4 Å². The third kappa shape index (κ3) is 9.90. The van der Waals surface area contributed by atoms with Crippen molar-refractivity contribution in [2.24, 2.45) is 0 Å². The highest BCUT2D eigenvalue weighted by molar-refractivity contribution is 7.81. The van der Waals surface area contributed by atoms with Gasteiger partial charge in [0.1, 0.15) is 11.6 Å². The van der Waals surface area contributed by atoms with E-state index in [4.69, 9.17) is 18.6 Å². The molecule has 14 heteroatoms. The van der Waals surface area contributed by atoms with E-state index >= 15 is 0 Å². The molecular weight excluding hydrogens is 508 g/mol. The summed E-state index contributed by atoms with van der Waals surface area (Å²) in [4.78, 5) is 24.4. The van der Waals surface area contributed by atoms with E-state index in [0.29, 0.717) is 11.1 Å². The Hall–Kier alpha value is -3.20. The van der Waals surface area contributed by atoms with Crippen LogP contribution in [0.3, 0.4) is 0 Å². The van der Waals surface area contributed by atoms with Crippen LogP contribution in [0.15, 0.2) is 36.4 Å². The molecule has 0 fully saturated rings. The van der Waals surface area contributed by atoms with Crippen LogP contribution < -0.4 is 17.8 Å². The zero-order chi connectivity index (χ0) is 26.2. The summed E-state index contributed by atoms with van der Waals surface area (Å²) in [6.45, 7) is 0. The number of ether oxygens (including phenoxy) is 2. The summed E-state index contributed by atoms with van der Waals surface area (Å²) in [6, 6.07) is 8.47.